The van der Waals surface area contributed by atoms with Crippen molar-refractivity contribution in [3.8, 4) is 0 Å². The van der Waals surface area contributed by atoms with Gasteiger partial charge in [0.25, 0.3) is 5.91 Å². The smallest absolute Gasteiger partial charge is 0.256 e. The standard InChI is InChI=1S/C19H15ClF2N4O/c20-14-3-1-2-12(10-14)8-9-23-17-6-7-18(26-25-17)24-19(27)13-4-5-15(21)16(22)11-13/h1-7,10-11H,8-9H2,(H,23,25)(H,24,26,27). The number of anilines is 2. The van der Waals surface area contributed by atoms with Crippen LogP contribution in [0.15, 0.2) is 54.6 Å². The molecule has 2 N–H and O–H groups in total. The third kappa shape index (κ3) is 5.21. The zero-order chi connectivity index (χ0) is 19.2. The van der Waals surface area contributed by atoms with E-state index in [0.717, 1.165) is 24.1 Å². The number of amides is 1. The first-order valence-electron chi connectivity index (χ1n) is 8.10. The second-order valence-electron chi connectivity index (χ2n) is 5.69. The summed E-state index contributed by atoms with van der Waals surface area (Å²) in [6, 6.07) is 13.7. The Bertz CT molecular complexity index is 951. The molecule has 1 aromatic heterocycles. The lowest BCUT2D eigenvalue weighted by Gasteiger charge is -2.07. The van der Waals surface area contributed by atoms with Crippen LogP contribution in [0.2, 0.25) is 5.02 Å². The Morgan fingerprint density at radius 3 is 2.44 bits per heavy atom. The first kappa shape index (κ1) is 18.7. The molecule has 0 spiro atoms. The summed E-state index contributed by atoms with van der Waals surface area (Å²) in [6.45, 7) is 0.635. The molecule has 0 saturated carbocycles. The highest BCUT2D eigenvalue weighted by Crippen LogP contribution is 2.13. The van der Waals surface area contributed by atoms with Gasteiger partial charge in [0.05, 0.1) is 0 Å². The molecule has 0 unspecified atom stereocenters. The monoisotopic (exact) mass is 388 g/mol. The predicted octanol–water partition coefficient (Wildman–Crippen LogP) is 4.32. The molecule has 1 amide bonds. The van der Waals surface area contributed by atoms with E-state index in [-0.39, 0.29) is 11.4 Å². The van der Waals surface area contributed by atoms with Crippen LogP contribution >= 0.6 is 11.6 Å². The molecule has 0 aliphatic rings. The molecule has 2 aromatic carbocycles. The molecule has 0 bridgehead atoms. The Morgan fingerprint density at radius 1 is 0.963 bits per heavy atom. The molecular weight excluding hydrogens is 374 g/mol. The van der Waals surface area contributed by atoms with Crippen LogP contribution in [0.5, 0.6) is 0 Å². The van der Waals surface area contributed by atoms with Gasteiger partial charge in [-0.2, -0.15) is 0 Å². The molecule has 0 radical (unpaired) electrons. The summed E-state index contributed by atoms with van der Waals surface area (Å²) in [5.41, 5.74) is 1.08. The quantitative estimate of drug-likeness (QED) is 0.660. The molecule has 0 aliphatic heterocycles. The maximum absolute atomic E-state index is 13.2. The van der Waals surface area contributed by atoms with Crippen molar-refractivity contribution in [2.45, 2.75) is 6.42 Å². The number of halogens is 3. The first-order chi connectivity index (χ1) is 13.0. The zero-order valence-corrected chi connectivity index (χ0v) is 14.8. The van der Waals surface area contributed by atoms with Crippen LogP contribution in [0.4, 0.5) is 20.4 Å². The lowest BCUT2D eigenvalue weighted by Crippen LogP contribution is -2.14. The van der Waals surface area contributed by atoms with Gasteiger partial charge in [-0.15, -0.1) is 10.2 Å². The van der Waals surface area contributed by atoms with Crippen molar-refractivity contribution in [3.63, 3.8) is 0 Å². The number of benzene rings is 2. The highest BCUT2D eigenvalue weighted by Gasteiger charge is 2.10. The Labute approximate surface area is 159 Å². The molecule has 27 heavy (non-hydrogen) atoms. The normalized spacial score (nSPS) is 10.5. The van der Waals surface area contributed by atoms with E-state index in [4.69, 9.17) is 11.6 Å². The lowest BCUT2D eigenvalue weighted by atomic mass is 10.1. The number of hydrogen-bond donors (Lipinski definition) is 2. The van der Waals surface area contributed by atoms with Crippen molar-refractivity contribution in [1.82, 2.24) is 10.2 Å². The zero-order valence-electron chi connectivity index (χ0n) is 14.0. The summed E-state index contributed by atoms with van der Waals surface area (Å²) in [5.74, 6) is -1.97. The Morgan fingerprint density at radius 2 is 1.74 bits per heavy atom. The number of carbonyl (C=O) groups is 1. The van der Waals surface area contributed by atoms with E-state index in [2.05, 4.69) is 20.8 Å². The van der Waals surface area contributed by atoms with Crippen molar-refractivity contribution in [3.05, 3.63) is 82.4 Å². The van der Waals surface area contributed by atoms with Gasteiger partial charge in [-0.05, 0) is 54.4 Å². The minimum atomic E-state index is -1.09. The van der Waals surface area contributed by atoms with Crippen LogP contribution < -0.4 is 10.6 Å². The predicted molar refractivity (Wildman–Crippen MR) is 100.0 cm³/mol. The van der Waals surface area contributed by atoms with Crippen LogP contribution in [0.25, 0.3) is 0 Å². The van der Waals surface area contributed by atoms with Crippen LogP contribution in [-0.2, 0) is 6.42 Å². The van der Waals surface area contributed by atoms with Gasteiger partial charge in [0.15, 0.2) is 17.5 Å². The summed E-state index contributed by atoms with van der Waals surface area (Å²) < 4.78 is 26.1. The summed E-state index contributed by atoms with van der Waals surface area (Å²) in [6.07, 6.45) is 0.761. The van der Waals surface area contributed by atoms with Gasteiger partial charge in [0.2, 0.25) is 0 Å². The first-order valence-corrected chi connectivity index (χ1v) is 8.47. The molecule has 0 atom stereocenters. The molecule has 3 rings (SSSR count). The number of rotatable bonds is 6. The van der Waals surface area contributed by atoms with Gasteiger partial charge >= 0.3 is 0 Å². The highest BCUT2D eigenvalue weighted by molar-refractivity contribution is 6.30. The minimum Gasteiger partial charge on any atom is -0.368 e. The molecular formula is C19H15ClF2N4O. The fourth-order valence-electron chi connectivity index (χ4n) is 2.35. The Balaban J connectivity index is 1.53. The number of hydrogen-bond acceptors (Lipinski definition) is 4. The minimum absolute atomic E-state index is 0.0144. The van der Waals surface area contributed by atoms with Crippen molar-refractivity contribution < 1.29 is 13.6 Å². The second-order valence-corrected chi connectivity index (χ2v) is 6.13. The Kier molecular flexibility index (Phi) is 5.93. The van der Waals surface area contributed by atoms with Gasteiger partial charge in [0, 0.05) is 17.1 Å². The number of carbonyl (C=O) groups excluding carboxylic acids is 1. The number of aromatic nitrogens is 2. The molecule has 0 saturated heterocycles. The molecule has 1 heterocycles. The van der Waals surface area contributed by atoms with E-state index in [0.29, 0.717) is 17.4 Å². The topological polar surface area (TPSA) is 66.9 Å². The number of nitrogens with zero attached hydrogens (tertiary/aromatic N) is 2. The molecule has 0 fully saturated rings. The van der Waals surface area contributed by atoms with Crippen LogP contribution in [0.1, 0.15) is 15.9 Å². The molecule has 0 aliphatic carbocycles. The highest BCUT2D eigenvalue weighted by atomic mass is 35.5. The SMILES string of the molecule is O=C(Nc1ccc(NCCc2cccc(Cl)c2)nn1)c1ccc(F)c(F)c1. The van der Waals surface area contributed by atoms with E-state index in [1.807, 2.05) is 24.3 Å². The van der Waals surface area contributed by atoms with Crippen LogP contribution in [-0.4, -0.2) is 22.6 Å². The summed E-state index contributed by atoms with van der Waals surface area (Å²) in [5, 5.41) is 14.1. The van der Waals surface area contributed by atoms with Gasteiger partial charge in [-0.3, -0.25) is 4.79 Å². The van der Waals surface area contributed by atoms with Crippen LogP contribution in [0.3, 0.4) is 0 Å². The van der Waals surface area contributed by atoms with E-state index >= 15 is 0 Å². The van der Waals surface area contributed by atoms with Crippen molar-refractivity contribution in [2.75, 3.05) is 17.2 Å². The summed E-state index contributed by atoms with van der Waals surface area (Å²) in [7, 11) is 0. The van der Waals surface area contributed by atoms with E-state index in [1.165, 1.54) is 6.07 Å². The number of nitrogens with one attached hydrogen (secondary N) is 2. The van der Waals surface area contributed by atoms with Gasteiger partial charge in [-0.1, -0.05) is 23.7 Å². The maximum atomic E-state index is 13.2. The molecule has 5 nitrogen and oxygen atoms in total. The van der Waals surface area contributed by atoms with Crippen molar-refractivity contribution >= 4 is 29.1 Å². The molecule has 138 valence electrons. The molecule has 8 heteroatoms. The third-order valence-corrected chi connectivity index (χ3v) is 3.93. The largest absolute Gasteiger partial charge is 0.368 e. The average Bonchev–Trinajstić information content (AvgIpc) is 2.65. The van der Waals surface area contributed by atoms with E-state index in [9.17, 15) is 13.6 Å². The van der Waals surface area contributed by atoms with E-state index < -0.39 is 17.5 Å². The lowest BCUT2D eigenvalue weighted by molar-refractivity contribution is 0.102. The third-order valence-electron chi connectivity index (χ3n) is 3.70. The summed E-state index contributed by atoms with van der Waals surface area (Å²) >= 11 is 5.94. The second kappa shape index (κ2) is 8.55. The van der Waals surface area contributed by atoms with Gasteiger partial charge < -0.3 is 10.6 Å². The fraction of sp³-hybridized carbons (Fsp3) is 0.105. The molecule has 3 aromatic rings. The van der Waals surface area contributed by atoms with Crippen molar-refractivity contribution in [1.29, 1.82) is 0 Å². The van der Waals surface area contributed by atoms with Crippen molar-refractivity contribution in [2.24, 2.45) is 0 Å². The van der Waals surface area contributed by atoms with E-state index in [1.54, 1.807) is 12.1 Å². The van der Waals surface area contributed by atoms with Gasteiger partial charge in [-0.25, -0.2) is 8.78 Å². The average molecular weight is 389 g/mol. The van der Waals surface area contributed by atoms with Crippen LogP contribution in [0, 0.1) is 11.6 Å². The Hall–Kier alpha value is -3.06. The fourth-order valence-corrected chi connectivity index (χ4v) is 2.56. The van der Waals surface area contributed by atoms with Gasteiger partial charge in [0.1, 0.15) is 5.82 Å². The maximum Gasteiger partial charge on any atom is 0.256 e. The summed E-state index contributed by atoms with van der Waals surface area (Å²) in [4.78, 5) is 12.0.